The minimum atomic E-state index is -0.376. The minimum Gasteiger partial charge on any atom is -0.389 e. The molecule has 0 unspecified atom stereocenters. The van der Waals surface area contributed by atoms with Gasteiger partial charge >= 0.3 is 0 Å². The van der Waals surface area contributed by atoms with Crippen LogP contribution in [-0.4, -0.2) is 59.5 Å². The Morgan fingerprint density at radius 1 is 1.43 bits per heavy atom. The molecule has 4 aliphatic rings. The number of hydrogen-bond donors (Lipinski definition) is 1. The van der Waals surface area contributed by atoms with Gasteiger partial charge in [0.15, 0.2) is 0 Å². The van der Waals surface area contributed by atoms with Gasteiger partial charge < -0.3 is 9.84 Å². The lowest BCUT2D eigenvalue weighted by Gasteiger charge is -2.56. The fraction of sp³-hybridized carbons (Fsp3) is 0.895. The highest BCUT2D eigenvalue weighted by Crippen LogP contribution is 2.59. The number of β-amino-alcohol motifs (C(OH)–C–C–N with tert-alkyl or cyclic N) is 1. The Morgan fingerprint density at radius 2 is 2.22 bits per heavy atom. The van der Waals surface area contributed by atoms with Crippen LogP contribution in [0.4, 0.5) is 0 Å². The number of ether oxygens (including phenoxy) is 1. The second-order valence-corrected chi connectivity index (χ2v) is 9.79. The summed E-state index contributed by atoms with van der Waals surface area (Å²) in [5.41, 5.74) is 1.93. The van der Waals surface area contributed by atoms with E-state index in [0.29, 0.717) is 35.8 Å². The van der Waals surface area contributed by atoms with Crippen LogP contribution >= 0.6 is 11.8 Å². The van der Waals surface area contributed by atoms with Crippen LogP contribution in [0.2, 0.25) is 0 Å². The third-order valence-electron chi connectivity index (χ3n) is 6.62. The molecule has 1 aliphatic heterocycles. The van der Waals surface area contributed by atoms with Gasteiger partial charge in [0.1, 0.15) is 0 Å². The molecule has 1 saturated heterocycles. The third kappa shape index (κ3) is 3.65. The summed E-state index contributed by atoms with van der Waals surface area (Å²) in [7, 11) is 0. The van der Waals surface area contributed by atoms with Crippen molar-refractivity contribution in [2.45, 2.75) is 57.9 Å². The summed E-state index contributed by atoms with van der Waals surface area (Å²) in [6, 6.07) is 0.539. The Balaban J connectivity index is 1.40. The van der Waals surface area contributed by atoms with Crippen LogP contribution in [0.3, 0.4) is 0 Å². The number of allylic oxidation sites excluding steroid dienone is 1. The molecule has 1 saturated carbocycles. The molecule has 4 heteroatoms. The van der Waals surface area contributed by atoms with Crippen molar-refractivity contribution in [3.05, 3.63) is 11.6 Å². The van der Waals surface area contributed by atoms with E-state index in [1.807, 2.05) is 11.8 Å². The normalized spacial score (nSPS) is 37.9. The highest BCUT2D eigenvalue weighted by Gasteiger charge is 2.50. The number of nitrogens with zero attached hydrogens (tertiary/aromatic N) is 1. The predicted octanol–water partition coefficient (Wildman–Crippen LogP) is 3.18. The smallest absolute Gasteiger partial charge is 0.0900 e. The van der Waals surface area contributed by atoms with E-state index in [1.165, 1.54) is 24.2 Å². The largest absolute Gasteiger partial charge is 0.389 e. The summed E-state index contributed by atoms with van der Waals surface area (Å²) in [5, 5.41) is 11.0. The van der Waals surface area contributed by atoms with Gasteiger partial charge in [0, 0.05) is 30.1 Å². The number of aliphatic hydroxyl groups excluding tert-OH is 1. The molecule has 132 valence electrons. The Labute approximate surface area is 145 Å². The average Bonchev–Trinajstić information content (AvgIpc) is 2.52. The highest BCUT2D eigenvalue weighted by atomic mass is 32.2. The summed E-state index contributed by atoms with van der Waals surface area (Å²) in [5.74, 6) is 2.75. The van der Waals surface area contributed by atoms with Gasteiger partial charge in [-0.25, -0.2) is 0 Å². The van der Waals surface area contributed by atoms with Crippen molar-refractivity contribution in [1.82, 2.24) is 4.90 Å². The summed E-state index contributed by atoms with van der Waals surface area (Å²) in [4.78, 5) is 2.41. The summed E-state index contributed by atoms with van der Waals surface area (Å²) in [6.07, 6.45) is 4.57. The summed E-state index contributed by atoms with van der Waals surface area (Å²) in [6.45, 7) is 12.3. The number of fused-ring (bicyclic) bond motifs is 1. The second-order valence-electron chi connectivity index (χ2n) is 8.30. The molecule has 2 fully saturated rings. The summed E-state index contributed by atoms with van der Waals surface area (Å²) < 4.78 is 5.88. The van der Waals surface area contributed by atoms with E-state index in [1.54, 1.807) is 0 Å². The first-order valence-corrected chi connectivity index (χ1v) is 10.2. The number of hydrogen-bond acceptors (Lipinski definition) is 4. The van der Waals surface area contributed by atoms with Gasteiger partial charge in [-0.15, -0.1) is 0 Å². The lowest BCUT2D eigenvalue weighted by atomic mass is 9.49. The Kier molecular flexibility index (Phi) is 5.46. The zero-order valence-electron chi connectivity index (χ0n) is 15.1. The first-order chi connectivity index (χ1) is 10.9. The first-order valence-electron chi connectivity index (χ1n) is 9.20. The molecule has 0 radical (unpaired) electrons. The van der Waals surface area contributed by atoms with Crippen molar-refractivity contribution in [2.75, 3.05) is 32.1 Å². The van der Waals surface area contributed by atoms with E-state index >= 15 is 0 Å². The van der Waals surface area contributed by atoms with Gasteiger partial charge in [-0.1, -0.05) is 26.8 Å². The van der Waals surface area contributed by atoms with Crippen LogP contribution in [0.1, 0.15) is 40.5 Å². The van der Waals surface area contributed by atoms with E-state index in [2.05, 4.69) is 38.7 Å². The molecule has 2 bridgehead atoms. The number of aliphatic hydroxyl groups is 1. The van der Waals surface area contributed by atoms with Gasteiger partial charge in [-0.3, -0.25) is 4.90 Å². The van der Waals surface area contributed by atoms with Crippen molar-refractivity contribution in [3.63, 3.8) is 0 Å². The van der Waals surface area contributed by atoms with E-state index in [4.69, 9.17) is 4.74 Å². The van der Waals surface area contributed by atoms with E-state index in [9.17, 15) is 5.11 Å². The topological polar surface area (TPSA) is 32.7 Å². The standard InChI is InChI=1S/C19H33NO2S/c1-13-14(2)23-8-7-20(13)10-17(21)12-22-11-15-5-6-16-9-18(15)19(16,3)4/h5,13-14,16-18,21H,6-12H2,1-4H3/t13-,14-,16-,17+,18+/m0/s1. The monoisotopic (exact) mass is 339 g/mol. The van der Waals surface area contributed by atoms with Gasteiger partial charge in [-0.05, 0) is 42.6 Å². The molecule has 4 rings (SSSR count). The third-order valence-corrected chi connectivity index (χ3v) is 7.96. The fourth-order valence-electron chi connectivity index (χ4n) is 4.53. The lowest BCUT2D eigenvalue weighted by molar-refractivity contribution is -0.0271. The van der Waals surface area contributed by atoms with Crippen molar-refractivity contribution >= 4 is 11.8 Å². The van der Waals surface area contributed by atoms with Crippen molar-refractivity contribution in [3.8, 4) is 0 Å². The SMILES string of the molecule is C[C@@H]1SCCN(C[C@@H](O)COCC2=CC[C@H]3C[C@H]2C3(C)C)[C@H]1C. The quantitative estimate of drug-likeness (QED) is 0.754. The van der Waals surface area contributed by atoms with E-state index in [-0.39, 0.29) is 6.10 Å². The molecule has 0 aromatic carbocycles. The van der Waals surface area contributed by atoms with Crippen LogP contribution in [0.25, 0.3) is 0 Å². The molecule has 3 nitrogen and oxygen atoms in total. The van der Waals surface area contributed by atoms with Crippen LogP contribution in [0, 0.1) is 17.3 Å². The zero-order valence-corrected chi connectivity index (χ0v) is 15.9. The number of thioether (sulfide) groups is 1. The maximum Gasteiger partial charge on any atom is 0.0900 e. The molecule has 1 N–H and O–H groups in total. The maximum atomic E-state index is 10.3. The molecular weight excluding hydrogens is 306 g/mol. The minimum absolute atomic E-state index is 0.376. The molecule has 0 amide bonds. The highest BCUT2D eigenvalue weighted by molar-refractivity contribution is 8.00. The zero-order chi connectivity index (χ0) is 16.6. The van der Waals surface area contributed by atoms with Crippen LogP contribution < -0.4 is 0 Å². The Morgan fingerprint density at radius 3 is 2.91 bits per heavy atom. The van der Waals surface area contributed by atoms with Crippen LogP contribution in [0.5, 0.6) is 0 Å². The second kappa shape index (κ2) is 7.07. The molecule has 0 spiro atoms. The molecule has 5 atom stereocenters. The molecule has 0 aromatic heterocycles. The van der Waals surface area contributed by atoms with Gasteiger partial charge in [0.2, 0.25) is 0 Å². The molecule has 0 aromatic rings. The summed E-state index contributed by atoms with van der Waals surface area (Å²) >= 11 is 2.04. The average molecular weight is 340 g/mol. The lowest BCUT2D eigenvalue weighted by Crippen LogP contribution is -2.49. The predicted molar refractivity (Wildman–Crippen MR) is 97.9 cm³/mol. The van der Waals surface area contributed by atoms with Crippen LogP contribution in [0.15, 0.2) is 11.6 Å². The van der Waals surface area contributed by atoms with Crippen LogP contribution in [-0.2, 0) is 4.74 Å². The van der Waals surface area contributed by atoms with Crippen molar-refractivity contribution < 1.29 is 9.84 Å². The van der Waals surface area contributed by atoms with E-state index < -0.39 is 0 Å². The molecule has 23 heavy (non-hydrogen) atoms. The number of rotatable bonds is 6. The first kappa shape index (κ1) is 17.8. The molecule has 1 heterocycles. The molecule has 3 aliphatic carbocycles. The van der Waals surface area contributed by atoms with Crippen molar-refractivity contribution in [1.29, 1.82) is 0 Å². The Hall–Kier alpha value is -0.0300. The van der Waals surface area contributed by atoms with E-state index in [0.717, 1.165) is 19.0 Å². The van der Waals surface area contributed by atoms with Crippen molar-refractivity contribution in [2.24, 2.45) is 17.3 Å². The van der Waals surface area contributed by atoms with Gasteiger partial charge in [0.05, 0.1) is 19.3 Å². The fourth-order valence-corrected chi connectivity index (χ4v) is 5.69. The molecular formula is C19H33NO2S. The van der Waals surface area contributed by atoms with Gasteiger partial charge in [-0.2, -0.15) is 11.8 Å². The van der Waals surface area contributed by atoms with Gasteiger partial charge in [0.25, 0.3) is 0 Å². The Bertz CT molecular complexity index is 451. The maximum absolute atomic E-state index is 10.3.